The second-order valence-electron chi connectivity index (χ2n) is 8.08. The van der Waals surface area contributed by atoms with Crippen molar-refractivity contribution in [1.82, 2.24) is 15.5 Å². The van der Waals surface area contributed by atoms with Crippen molar-refractivity contribution in [3.05, 3.63) is 64.2 Å². The van der Waals surface area contributed by atoms with E-state index in [4.69, 9.17) is 11.6 Å². The third-order valence-corrected chi connectivity index (χ3v) is 5.61. The maximum absolute atomic E-state index is 12.8. The van der Waals surface area contributed by atoms with Crippen LogP contribution in [0.1, 0.15) is 47.1 Å². The van der Waals surface area contributed by atoms with Crippen LogP contribution in [0, 0.1) is 0 Å². The van der Waals surface area contributed by atoms with Gasteiger partial charge in [0, 0.05) is 37.4 Å². The fraction of sp³-hybridized carbons (Fsp3) is 0.348. The van der Waals surface area contributed by atoms with Crippen molar-refractivity contribution < 1.29 is 14.4 Å². The van der Waals surface area contributed by atoms with E-state index in [0.29, 0.717) is 34.9 Å². The summed E-state index contributed by atoms with van der Waals surface area (Å²) in [5, 5.41) is 9.24. The topological polar surface area (TPSA) is 90.5 Å². The van der Waals surface area contributed by atoms with E-state index in [1.165, 1.54) is 6.92 Å². The Kier molecular flexibility index (Phi) is 6.97. The summed E-state index contributed by atoms with van der Waals surface area (Å²) < 4.78 is 0. The van der Waals surface area contributed by atoms with Crippen LogP contribution in [0.15, 0.2) is 42.5 Å². The average molecular weight is 443 g/mol. The number of ketones is 1. The minimum Gasteiger partial charge on any atom is -0.336 e. The molecule has 0 atom stereocenters. The van der Waals surface area contributed by atoms with Gasteiger partial charge in [-0.15, -0.1) is 0 Å². The zero-order chi connectivity index (χ0) is 22.6. The fourth-order valence-corrected chi connectivity index (χ4v) is 3.65. The molecule has 1 aliphatic rings. The Balaban J connectivity index is 1.72. The van der Waals surface area contributed by atoms with Gasteiger partial charge in [0.2, 0.25) is 0 Å². The van der Waals surface area contributed by atoms with Crippen LogP contribution in [0.4, 0.5) is 10.5 Å². The normalized spacial score (nSPS) is 14.1. The van der Waals surface area contributed by atoms with Gasteiger partial charge in [-0.05, 0) is 50.6 Å². The Labute approximate surface area is 187 Å². The molecule has 0 aromatic heterocycles. The zero-order valence-electron chi connectivity index (χ0n) is 17.9. The molecule has 164 valence electrons. The summed E-state index contributed by atoms with van der Waals surface area (Å²) in [6.45, 7) is 7.92. The van der Waals surface area contributed by atoms with Gasteiger partial charge < -0.3 is 20.9 Å². The Bertz CT molecular complexity index is 1000. The molecule has 0 unspecified atom stereocenters. The zero-order valence-corrected chi connectivity index (χ0v) is 18.7. The van der Waals surface area contributed by atoms with Crippen LogP contribution in [-0.2, 0) is 5.54 Å². The van der Waals surface area contributed by atoms with Crippen LogP contribution in [0.2, 0.25) is 5.02 Å². The lowest BCUT2D eigenvalue weighted by Gasteiger charge is -2.28. The molecule has 0 bridgehead atoms. The van der Waals surface area contributed by atoms with E-state index in [2.05, 4.69) is 16.0 Å². The first kappa shape index (κ1) is 22.8. The van der Waals surface area contributed by atoms with Crippen LogP contribution >= 0.6 is 11.6 Å². The lowest BCUT2D eigenvalue weighted by molar-refractivity contribution is 0.0735. The SMILES string of the molecule is CC(=O)c1cccc(C(C)(C)NC(=O)Nc2ccc(Cl)c(C(=O)N3CCNCC3)c2)c1. The number of amides is 3. The molecular formula is C23H27ClN4O3. The van der Waals surface area contributed by atoms with Crippen LogP contribution < -0.4 is 16.0 Å². The van der Waals surface area contributed by atoms with Crippen LogP contribution in [0.3, 0.4) is 0 Å². The van der Waals surface area contributed by atoms with E-state index in [1.807, 2.05) is 19.9 Å². The van der Waals surface area contributed by atoms with Gasteiger partial charge in [-0.2, -0.15) is 0 Å². The summed E-state index contributed by atoms with van der Waals surface area (Å²) in [4.78, 5) is 38.9. The number of piperazine rings is 1. The summed E-state index contributed by atoms with van der Waals surface area (Å²) in [6.07, 6.45) is 0. The monoisotopic (exact) mass is 442 g/mol. The molecule has 0 saturated carbocycles. The quantitative estimate of drug-likeness (QED) is 0.616. The Morgan fingerprint density at radius 3 is 2.45 bits per heavy atom. The standard InChI is InChI=1S/C23H27ClN4O3/c1-15(29)16-5-4-6-17(13-16)23(2,3)27-22(31)26-18-7-8-20(24)19(14-18)21(30)28-11-9-25-10-12-28/h4-8,13-14,25H,9-12H2,1-3H3,(H2,26,27,31). The summed E-state index contributed by atoms with van der Waals surface area (Å²) in [5.41, 5.74) is 1.49. The van der Waals surface area contributed by atoms with Crippen LogP contribution in [-0.4, -0.2) is 48.8 Å². The molecule has 1 saturated heterocycles. The van der Waals surface area contributed by atoms with E-state index in [1.54, 1.807) is 41.3 Å². The Hall–Kier alpha value is -2.90. The van der Waals surface area contributed by atoms with Gasteiger partial charge in [0.1, 0.15) is 0 Å². The van der Waals surface area contributed by atoms with Crippen molar-refractivity contribution in [3.63, 3.8) is 0 Å². The molecule has 0 radical (unpaired) electrons. The first-order valence-corrected chi connectivity index (χ1v) is 10.6. The lowest BCUT2D eigenvalue weighted by atomic mass is 9.92. The van der Waals surface area contributed by atoms with Crippen LogP contribution in [0.25, 0.3) is 0 Å². The van der Waals surface area contributed by atoms with Crippen molar-refractivity contribution in [2.75, 3.05) is 31.5 Å². The minimum absolute atomic E-state index is 0.0371. The number of carbonyl (C=O) groups is 3. The number of nitrogens with one attached hydrogen (secondary N) is 3. The molecule has 7 nitrogen and oxygen atoms in total. The third kappa shape index (κ3) is 5.62. The van der Waals surface area contributed by atoms with Gasteiger partial charge in [0.25, 0.3) is 5.91 Å². The van der Waals surface area contributed by atoms with E-state index < -0.39 is 11.6 Å². The molecule has 2 aromatic rings. The van der Waals surface area contributed by atoms with Crippen molar-refractivity contribution >= 4 is 35.0 Å². The van der Waals surface area contributed by atoms with Gasteiger partial charge in [-0.1, -0.05) is 29.8 Å². The van der Waals surface area contributed by atoms with Gasteiger partial charge in [-0.25, -0.2) is 4.79 Å². The van der Waals surface area contributed by atoms with E-state index in [0.717, 1.165) is 18.7 Å². The molecule has 0 aliphatic carbocycles. The molecule has 1 heterocycles. The van der Waals surface area contributed by atoms with E-state index in [-0.39, 0.29) is 11.7 Å². The molecule has 3 N–H and O–H groups in total. The number of benzene rings is 2. The van der Waals surface area contributed by atoms with Crippen molar-refractivity contribution in [1.29, 1.82) is 0 Å². The number of Topliss-reactive ketones (excluding diaryl/α,β-unsaturated/α-hetero) is 1. The maximum Gasteiger partial charge on any atom is 0.319 e. The number of hydrogen-bond donors (Lipinski definition) is 3. The summed E-state index contributed by atoms with van der Waals surface area (Å²) in [7, 11) is 0. The molecule has 31 heavy (non-hydrogen) atoms. The van der Waals surface area contributed by atoms with E-state index >= 15 is 0 Å². The molecule has 3 amide bonds. The maximum atomic E-state index is 12.8. The molecule has 8 heteroatoms. The van der Waals surface area contributed by atoms with Crippen molar-refractivity contribution in [3.8, 4) is 0 Å². The first-order chi connectivity index (χ1) is 14.7. The van der Waals surface area contributed by atoms with E-state index in [9.17, 15) is 14.4 Å². The van der Waals surface area contributed by atoms with Gasteiger partial charge in [-0.3, -0.25) is 9.59 Å². The minimum atomic E-state index is -0.721. The first-order valence-electron chi connectivity index (χ1n) is 10.2. The predicted molar refractivity (Wildman–Crippen MR) is 122 cm³/mol. The molecule has 0 spiro atoms. The number of halogens is 1. The second-order valence-corrected chi connectivity index (χ2v) is 8.49. The predicted octanol–water partition coefficient (Wildman–Crippen LogP) is 3.64. The van der Waals surface area contributed by atoms with Gasteiger partial charge >= 0.3 is 6.03 Å². The number of nitrogens with zero attached hydrogens (tertiary/aromatic N) is 1. The molecule has 2 aromatic carbocycles. The summed E-state index contributed by atoms with van der Waals surface area (Å²) in [6, 6.07) is 11.6. The third-order valence-electron chi connectivity index (χ3n) is 5.28. The highest BCUT2D eigenvalue weighted by atomic mass is 35.5. The van der Waals surface area contributed by atoms with Crippen molar-refractivity contribution in [2.45, 2.75) is 26.3 Å². The molecule has 1 fully saturated rings. The fourth-order valence-electron chi connectivity index (χ4n) is 3.45. The summed E-state index contributed by atoms with van der Waals surface area (Å²) in [5.74, 6) is -0.193. The number of carbonyl (C=O) groups excluding carboxylic acids is 3. The second kappa shape index (κ2) is 9.49. The molecular weight excluding hydrogens is 416 g/mol. The van der Waals surface area contributed by atoms with Gasteiger partial charge in [0.05, 0.1) is 16.1 Å². The highest BCUT2D eigenvalue weighted by molar-refractivity contribution is 6.34. The number of anilines is 1. The number of hydrogen-bond acceptors (Lipinski definition) is 4. The number of rotatable bonds is 5. The molecule has 3 rings (SSSR count). The highest BCUT2D eigenvalue weighted by Gasteiger charge is 2.24. The largest absolute Gasteiger partial charge is 0.336 e. The Morgan fingerprint density at radius 2 is 1.77 bits per heavy atom. The molecule has 1 aliphatic heterocycles. The van der Waals surface area contributed by atoms with Gasteiger partial charge in [0.15, 0.2) is 5.78 Å². The smallest absolute Gasteiger partial charge is 0.319 e. The van der Waals surface area contributed by atoms with Crippen molar-refractivity contribution in [2.24, 2.45) is 0 Å². The number of urea groups is 1. The van der Waals surface area contributed by atoms with Crippen LogP contribution in [0.5, 0.6) is 0 Å². The summed E-state index contributed by atoms with van der Waals surface area (Å²) >= 11 is 6.25. The average Bonchev–Trinajstić information content (AvgIpc) is 2.75. The Morgan fingerprint density at radius 1 is 1.06 bits per heavy atom. The lowest BCUT2D eigenvalue weighted by Crippen LogP contribution is -2.46. The highest BCUT2D eigenvalue weighted by Crippen LogP contribution is 2.24.